The van der Waals surface area contributed by atoms with E-state index in [2.05, 4.69) is 11.4 Å². The highest BCUT2D eigenvalue weighted by Crippen LogP contribution is 2.23. The highest BCUT2D eigenvalue weighted by molar-refractivity contribution is 7.12. The van der Waals surface area contributed by atoms with E-state index in [-0.39, 0.29) is 5.91 Å². The summed E-state index contributed by atoms with van der Waals surface area (Å²) < 4.78 is 5.89. The van der Waals surface area contributed by atoms with Crippen LogP contribution in [0, 0.1) is 13.8 Å². The molecule has 0 saturated carbocycles. The molecule has 0 atom stereocenters. The van der Waals surface area contributed by atoms with Crippen LogP contribution in [0.15, 0.2) is 53.9 Å². The van der Waals surface area contributed by atoms with E-state index in [1.807, 2.05) is 43.5 Å². The Morgan fingerprint density at radius 3 is 2.80 bits per heavy atom. The molecule has 0 aliphatic rings. The number of thiophene rings is 1. The lowest BCUT2D eigenvalue weighted by molar-refractivity contribution is 0.103. The van der Waals surface area contributed by atoms with Crippen LogP contribution in [0.2, 0.25) is 5.02 Å². The molecule has 2 aromatic carbocycles. The maximum atomic E-state index is 12.3. The molecule has 3 aromatic rings. The summed E-state index contributed by atoms with van der Waals surface area (Å²) >= 11 is 7.34. The van der Waals surface area contributed by atoms with Crippen molar-refractivity contribution in [2.75, 3.05) is 5.32 Å². The van der Waals surface area contributed by atoms with Gasteiger partial charge in [-0.15, -0.1) is 11.3 Å². The number of rotatable bonds is 5. The fourth-order valence-electron chi connectivity index (χ4n) is 2.35. The van der Waals surface area contributed by atoms with E-state index in [4.69, 9.17) is 16.3 Å². The second-order valence-corrected chi connectivity index (χ2v) is 7.19. The predicted molar refractivity (Wildman–Crippen MR) is 104 cm³/mol. The number of anilines is 1. The molecule has 0 radical (unpaired) electrons. The fraction of sp³-hybridized carbons (Fsp3) is 0.150. The number of carbonyl (C=O) groups excluding carboxylic acids is 1. The van der Waals surface area contributed by atoms with Gasteiger partial charge in [0.05, 0.1) is 4.88 Å². The summed E-state index contributed by atoms with van der Waals surface area (Å²) in [5.41, 5.74) is 3.91. The SMILES string of the molecule is Cc1ccc(C)c(OCc2csc(C(=O)Nc3cccc(Cl)c3)c2)c1. The molecule has 0 fully saturated rings. The number of hydrogen-bond donors (Lipinski definition) is 1. The molecule has 1 aromatic heterocycles. The van der Waals surface area contributed by atoms with Crippen LogP contribution in [0.25, 0.3) is 0 Å². The first-order valence-electron chi connectivity index (χ1n) is 7.85. The molecule has 0 spiro atoms. The van der Waals surface area contributed by atoms with Crippen LogP contribution in [0.3, 0.4) is 0 Å². The van der Waals surface area contributed by atoms with Crippen molar-refractivity contribution in [2.24, 2.45) is 0 Å². The fourth-order valence-corrected chi connectivity index (χ4v) is 3.34. The molecule has 0 unspecified atom stereocenters. The van der Waals surface area contributed by atoms with Crippen LogP contribution in [-0.2, 0) is 6.61 Å². The number of aryl methyl sites for hydroxylation is 2. The maximum absolute atomic E-state index is 12.3. The van der Waals surface area contributed by atoms with E-state index in [1.165, 1.54) is 11.3 Å². The summed E-state index contributed by atoms with van der Waals surface area (Å²) in [6.45, 7) is 4.49. The normalized spacial score (nSPS) is 10.5. The van der Waals surface area contributed by atoms with Crippen molar-refractivity contribution in [3.05, 3.63) is 80.5 Å². The highest BCUT2D eigenvalue weighted by Gasteiger charge is 2.10. The summed E-state index contributed by atoms with van der Waals surface area (Å²) in [6.07, 6.45) is 0. The van der Waals surface area contributed by atoms with Gasteiger partial charge >= 0.3 is 0 Å². The van der Waals surface area contributed by atoms with E-state index < -0.39 is 0 Å². The van der Waals surface area contributed by atoms with Crippen molar-refractivity contribution in [3.8, 4) is 5.75 Å². The topological polar surface area (TPSA) is 38.3 Å². The smallest absolute Gasteiger partial charge is 0.265 e. The van der Waals surface area contributed by atoms with Crippen LogP contribution in [0.5, 0.6) is 5.75 Å². The van der Waals surface area contributed by atoms with Gasteiger partial charge < -0.3 is 10.1 Å². The third-order valence-corrected chi connectivity index (χ3v) is 4.91. The summed E-state index contributed by atoms with van der Waals surface area (Å²) in [4.78, 5) is 13.0. The van der Waals surface area contributed by atoms with Crippen molar-refractivity contribution in [1.82, 2.24) is 0 Å². The molecule has 0 aliphatic heterocycles. The van der Waals surface area contributed by atoms with Gasteiger partial charge in [0.1, 0.15) is 12.4 Å². The molecule has 1 amide bonds. The highest BCUT2D eigenvalue weighted by atomic mass is 35.5. The molecule has 1 N–H and O–H groups in total. The average Bonchev–Trinajstić information content (AvgIpc) is 3.05. The van der Waals surface area contributed by atoms with Crippen molar-refractivity contribution in [3.63, 3.8) is 0 Å². The third-order valence-electron chi connectivity index (χ3n) is 3.70. The summed E-state index contributed by atoms with van der Waals surface area (Å²) in [5.74, 6) is 0.724. The van der Waals surface area contributed by atoms with Gasteiger partial charge in [0.15, 0.2) is 0 Å². The minimum absolute atomic E-state index is 0.148. The lowest BCUT2D eigenvalue weighted by atomic mass is 10.1. The van der Waals surface area contributed by atoms with E-state index >= 15 is 0 Å². The van der Waals surface area contributed by atoms with E-state index in [9.17, 15) is 4.79 Å². The summed E-state index contributed by atoms with van der Waals surface area (Å²) in [7, 11) is 0. The van der Waals surface area contributed by atoms with Crippen LogP contribution in [-0.4, -0.2) is 5.91 Å². The Labute approximate surface area is 156 Å². The second kappa shape index (κ2) is 7.72. The second-order valence-electron chi connectivity index (χ2n) is 5.84. The molecule has 0 saturated heterocycles. The van der Waals surface area contributed by atoms with Crippen molar-refractivity contribution in [1.29, 1.82) is 0 Å². The Balaban J connectivity index is 1.63. The minimum Gasteiger partial charge on any atom is -0.489 e. The minimum atomic E-state index is -0.148. The van der Waals surface area contributed by atoms with Gasteiger partial charge in [-0.1, -0.05) is 29.8 Å². The lowest BCUT2D eigenvalue weighted by Crippen LogP contribution is -2.10. The molecule has 3 rings (SSSR count). The predicted octanol–water partition coefficient (Wildman–Crippen LogP) is 5.85. The summed E-state index contributed by atoms with van der Waals surface area (Å²) in [5, 5.41) is 5.38. The van der Waals surface area contributed by atoms with Crippen LogP contribution in [0.4, 0.5) is 5.69 Å². The average molecular weight is 372 g/mol. The zero-order chi connectivity index (χ0) is 17.8. The van der Waals surface area contributed by atoms with Crippen molar-refractivity contribution >= 4 is 34.5 Å². The van der Waals surface area contributed by atoms with E-state index in [0.29, 0.717) is 22.2 Å². The van der Waals surface area contributed by atoms with Gasteiger partial charge in [-0.25, -0.2) is 0 Å². The van der Waals surface area contributed by atoms with E-state index in [1.54, 1.807) is 18.2 Å². The number of benzene rings is 2. The van der Waals surface area contributed by atoms with Gasteiger partial charge in [0.25, 0.3) is 5.91 Å². The van der Waals surface area contributed by atoms with Crippen LogP contribution >= 0.6 is 22.9 Å². The number of hydrogen-bond acceptors (Lipinski definition) is 3. The zero-order valence-electron chi connectivity index (χ0n) is 14.0. The number of halogens is 1. The number of carbonyl (C=O) groups is 1. The maximum Gasteiger partial charge on any atom is 0.265 e. The molecule has 0 aliphatic carbocycles. The van der Waals surface area contributed by atoms with Crippen molar-refractivity contribution < 1.29 is 9.53 Å². The van der Waals surface area contributed by atoms with Gasteiger partial charge in [0.2, 0.25) is 0 Å². The van der Waals surface area contributed by atoms with Gasteiger partial charge in [0, 0.05) is 16.3 Å². The standard InChI is InChI=1S/C20H18ClNO2S/c1-13-6-7-14(2)18(8-13)24-11-15-9-19(25-12-15)20(23)22-17-5-3-4-16(21)10-17/h3-10,12H,11H2,1-2H3,(H,22,23). The van der Waals surface area contributed by atoms with Gasteiger partial charge in [-0.05, 0) is 60.7 Å². The Kier molecular flexibility index (Phi) is 5.41. The Morgan fingerprint density at radius 2 is 2.00 bits per heavy atom. The van der Waals surface area contributed by atoms with Crippen LogP contribution in [0.1, 0.15) is 26.4 Å². The van der Waals surface area contributed by atoms with Crippen LogP contribution < -0.4 is 10.1 Å². The first-order valence-corrected chi connectivity index (χ1v) is 9.11. The van der Waals surface area contributed by atoms with Crippen molar-refractivity contribution in [2.45, 2.75) is 20.5 Å². The summed E-state index contributed by atoms with van der Waals surface area (Å²) in [6, 6.07) is 15.1. The Hall–Kier alpha value is -2.30. The molecule has 0 bridgehead atoms. The Bertz CT molecular complexity index is 904. The largest absolute Gasteiger partial charge is 0.489 e. The first kappa shape index (κ1) is 17.5. The molecule has 5 heteroatoms. The first-order chi connectivity index (χ1) is 12.0. The molecule has 128 valence electrons. The lowest BCUT2D eigenvalue weighted by Gasteiger charge is -2.09. The zero-order valence-corrected chi connectivity index (χ0v) is 15.6. The quantitative estimate of drug-likeness (QED) is 0.610. The monoisotopic (exact) mass is 371 g/mol. The number of amides is 1. The number of nitrogens with one attached hydrogen (secondary N) is 1. The molecule has 1 heterocycles. The molecule has 3 nitrogen and oxygen atoms in total. The van der Waals surface area contributed by atoms with Gasteiger partial charge in [-0.3, -0.25) is 4.79 Å². The number of ether oxygens (including phenoxy) is 1. The van der Waals surface area contributed by atoms with E-state index in [0.717, 1.165) is 22.4 Å². The van der Waals surface area contributed by atoms with Gasteiger partial charge in [-0.2, -0.15) is 0 Å². The Morgan fingerprint density at radius 1 is 1.16 bits per heavy atom. The molecular weight excluding hydrogens is 354 g/mol. The molecule has 25 heavy (non-hydrogen) atoms. The molecular formula is C20H18ClNO2S. The third kappa shape index (κ3) is 4.62.